The van der Waals surface area contributed by atoms with Crippen molar-refractivity contribution in [1.29, 1.82) is 0 Å². The minimum absolute atomic E-state index is 0.00271. The number of nitrogens with one attached hydrogen (secondary N) is 4. The van der Waals surface area contributed by atoms with E-state index in [9.17, 15) is 18.0 Å². The van der Waals surface area contributed by atoms with Crippen LogP contribution in [0.4, 0.5) is 13.2 Å². The number of hydrogen-bond donors (Lipinski definition) is 4. The molecule has 30 heavy (non-hydrogen) atoms. The maximum absolute atomic E-state index is 13.8. The van der Waals surface area contributed by atoms with Crippen molar-refractivity contribution in [3.05, 3.63) is 0 Å². The average molecular weight is 432 g/mol. The minimum Gasteiger partial charge on any atom is -0.339 e. The molecule has 0 aromatic carbocycles. The third kappa shape index (κ3) is 6.83. The van der Waals surface area contributed by atoms with Gasteiger partial charge in [-0.05, 0) is 56.8 Å². The Labute approximate surface area is 177 Å². The minimum atomic E-state index is -1.09. The molecule has 172 valence electrons. The van der Waals surface area contributed by atoms with E-state index in [0.29, 0.717) is 56.9 Å². The van der Waals surface area contributed by atoms with Gasteiger partial charge in [0.15, 0.2) is 5.96 Å². The second-order valence-electron chi connectivity index (χ2n) is 9.52. The summed E-state index contributed by atoms with van der Waals surface area (Å²) in [7, 11) is 0. The van der Waals surface area contributed by atoms with Crippen LogP contribution in [0.3, 0.4) is 0 Å². The van der Waals surface area contributed by atoms with Crippen LogP contribution in [0.5, 0.6) is 0 Å². The van der Waals surface area contributed by atoms with Crippen molar-refractivity contribution >= 4 is 11.9 Å². The number of alkyl halides is 3. The molecule has 3 rings (SSSR count). The largest absolute Gasteiger partial charge is 0.339 e. The summed E-state index contributed by atoms with van der Waals surface area (Å²) in [6.45, 7) is 4.61. The normalized spacial score (nSPS) is 37.9. The lowest BCUT2D eigenvalue weighted by Crippen LogP contribution is -2.52. The standard InChI is InChI=1S/C21H36F3N5O/c1-12(2)11-25-21(27-20(30)13-4-3-5-15(22)6-13)26-19-10-18(28-29-19)14-7-16(23)9-17(24)8-14/h12-19,28-29H,3-11H2,1-2H3,(H2,25,26,27,30). The van der Waals surface area contributed by atoms with Gasteiger partial charge in [-0.1, -0.05) is 13.8 Å². The van der Waals surface area contributed by atoms with Crippen LogP contribution < -0.4 is 21.5 Å². The highest BCUT2D eigenvalue weighted by Crippen LogP contribution is 2.33. The first-order chi connectivity index (χ1) is 14.3. The highest BCUT2D eigenvalue weighted by atomic mass is 19.1. The average Bonchev–Trinajstić information content (AvgIpc) is 3.14. The van der Waals surface area contributed by atoms with Gasteiger partial charge in [0.25, 0.3) is 0 Å². The zero-order chi connectivity index (χ0) is 21.7. The van der Waals surface area contributed by atoms with Crippen molar-refractivity contribution in [3.63, 3.8) is 0 Å². The van der Waals surface area contributed by atoms with Gasteiger partial charge in [0.1, 0.15) is 18.5 Å². The van der Waals surface area contributed by atoms with Gasteiger partial charge in [-0.15, -0.1) is 0 Å². The van der Waals surface area contributed by atoms with Gasteiger partial charge in [0.05, 0.1) is 6.17 Å². The number of hydrazine groups is 1. The summed E-state index contributed by atoms with van der Waals surface area (Å²) in [5, 5.41) is 6.05. The molecule has 1 amide bonds. The topological polar surface area (TPSA) is 77.5 Å². The van der Waals surface area contributed by atoms with E-state index in [-0.39, 0.29) is 42.8 Å². The van der Waals surface area contributed by atoms with Crippen LogP contribution in [-0.2, 0) is 4.79 Å². The van der Waals surface area contributed by atoms with Gasteiger partial charge in [0.2, 0.25) is 5.91 Å². The number of carbonyl (C=O) groups excluding carboxylic acids is 1. The Bertz CT molecular complexity index is 595. The molecular weight excluding hydrogens is 395 g/mol. The summed E-state index contributed by atoms with van der Waals surface area (Å²) >= 11 is 0. The van der Waals surface area contributed by atoms with E-state index < -0.39 is 18.5 Å². The molecule has 2 aliphatic carbocycles. The molecule has 1 aliphatic heterocycles. The fraction of sp³-hybridized carbons (Fsp3) is 0.905. The molecule has 6 unspecified atom stereocenters. The molecule has 9 heteroatoms. The van der Waals surface area contributed by atoms with Gasteiger partial charge in [0, 0.05) is 24.9 Å². The number of halogens is 3. The molecule has 0 radical (unpaired) electrons. The van der Waals surface area contributed by atoms with Crippen molar-refractivity contribution in [2.24, 2.45) is 22.7 Å². The predicted octanol–water partition coefficient (Wildman–Crippen LogP) is 2.90. The van der Waals surface area contributed by atoms with Gasteiger partial charge in [-0.2, -0.15) is 0 Å². The van der Waals surface area contributed by atoms with Crippen molar-refractivity contribution in [3.8, 4) is 0 Å². The van der Waals surface area contributed by atoms with Crippen LogP contribution in [0.15, 0.2) is 4.99 Å². The number of guanidine groups is 1. The molecule has 3 aliphatic rings. The van der Waals surface area contributed by atoms with Gasteiger partial charge in [-0.25, -0.2) is 18.6 Å². The molecule has 0 aromatic heterocycles. The number of amides is 1. The Hall–Kier alpha value is -1.35. The lowest BCUT2D eigenvalue weighted by atomic mass is 9.81. The van der Waals surface area contributed by atoms with Crippen LogP contribution in [0.25, 0.3) is 0 Å². The third-order valence-corrected chi connectivity index (χ3v) is 6.28. The summed E-state index contributed by atoms with van der Waals surface area (Å²) in [6, 6.07) is -0.0491. The number of aliphatic imine (C=N–C) groups is 1. The maximum atomic E-state index is 13.8. The summed E-state index contributed by atoms with van der Waals surface area (Å²) in [6.07, 6.45) is 0.199. The van der Waals surface area contributed by atoms with E-state index in [1.165, 1.54) is 0 Å². The highest BCUT2D eigenvalue weighted by molar-refractivity contribution is 5.98. The van der Waals surface area contributed by atoms with E-state index in [0.717, 1.165) is 0 Å². The van der Waals surface area contributed by atoms with Crippen molar-refractivity contribution in [2.75, 3.05) is 6.54 Å². The monoisotopic (exact) mass is 431 g/mol. The maximum Gasteiger partial charge on any atom is 0.229 e. The van der Waals surface area contributed by atoms with E-state index in [4.69, 9.17) is 0 Å². The number of nitrogens with zero attached hydrogens (tertiary/aromatic N) is 1. The van der Waals surface area contributed by atoms with E-state index >= 15 is 0 Å². The van der Waals surface area contributed by atoms with Crippen LogP contribution >= 0.6 is 0 Å². The number of carbonyl (C=O) groups is 1. The summed E-state index contributed by atoms with van der Waals surface area (Å²) in [5.41, 5.74) is 6.26. The lowest BCUT2D eigenvalue weighted by molar-refractivity contribution is -0.125. The van der Waals surface area contributed by atoms with E-state index in [1.54, 1.807) is 0 Å². The lowest BCUT2D eigenvalue weighted by Gasteiger charge is -2.31. The fourth-order valence-corrected chi connectivity index (χ4v) is 4.68. The van der Waals surface area contributed by atoms with Crippen LogP contribution in [-0.4, -0.2) is 49.1 Å². The van der Waals surface area contributed by atoms with Crippen LogP contribution in [0.1, 0.15) is 65.2 Å². The first kappa shape index (κ1) is 23.3. The Morgan fingerprint density at radius 3 is 2.40 bits per heavy atom. The smallest absolute Gasteiger partial charge is 0.229 e. The van der Waals surface area contributed by atoms with Crippen LogP contribution in [0.2, 0.25) is 0 Å². The van der Waals surface area contributed by atoms with Crippen molar-refractivity contribution < 1.29 is 18.0 Å². The molecular formula is C21H36F3N5O. The first-order valence-electron chi connectivity index (χ1n) is 11.3. The summed E-state index contributed by atoms with van der Waals surface area (Å²) < 4.78 is 41.2. The van der Waals surface area contributed by atoms with Crippen molar-refractivity contribution in [1.82, 2.24) is 21.5 Å². The quantitative estimate of drug-likeness (QED) is 0.399. The predicted molar refractivity (Wildman–Crippen MR) is 111 cm³/mol. The molecule has 0 bridgehead atoms. The Kier molecular flexibility index (Phi) is 8.39. The molecule has 0 aromatic rings. The summed E-state index contributed by atoms with van der Waals surface area (Å²) in [5.74, 6) is 0.0637. The number of rotatable bonds is 5. The molecule has 3 fully saturated rings. The van der Waals surface area contributed by atoms with Gasteiger partial charge in [-0.3, -0.25) is 20.5 Å². The van der Waals surface area contributed by atoms with Gasteiger partial charge >= 0.3 is 0 Å². The highest BCUT2D eigenvalue weighted by Gasteiger charge is 2.37. The SMILES string of the molecule is CC(C)CN=C(NC(=O)C1CCCC(F)C1)NC1CC(C2CC(F)CC(F)C2)NN1. The summed E-state index contributed by atoms with van der Waals surface area (Å²) in [4.78, 5) is 17.1. The third-order valence-electron chi connectivity index (χ3n) is 6.28. The van der Waals surface area contributed by atoms with Crippen LogP contribution in [0, 0.1) is 17.8 Å². The fourth-order valence-electron chi connectivity index (χ4n) is 4.68. The second-order valence-corrected chi connectivity index (χ2v) is 9.52. The molecule has 0 spiro atoms. The zero-order valence-corrected chi connectivity index (χ0v) is 18.0. The molecule has 1 heterocycles. The second kappa shape index (κ2) is 10.8. The molecule has 6 nitrogen and oxygen atoms in total. The first-order valence-corrected chi connectivity index (χ1v) is 11.3. The van der Waals surface area contributed by atoms with E-state index in [1.807, 2.05) is 13.8 Å². The zero-order valence-electron chi connectivity index (χ0n) is 18.0. The Balaban J connectivity index is 1.55. The Morgan fingerprint density at radius 2 is 1.73 bits per heavy atom. The van der Waals surface area contributed by atoms with E-state index in [2.05, 4.69) is 26.5 Å². The van der Waals surface area contributed by atoms with Crippen molar-refractivity contribution in [2.45, 2.75) is 95.9 Å². The molecule has 1 saturated heterocycles. The molecule has 2 saturated carbocycles. The Morgan fingerprint density at radius 1 is 1.00 bits per heavy atom. The van der Waals surface area contributed by atoms with Gasteiger partial charge < -0.3 is 5.32 Å². The number of hydrogen-bond acceptors (Lipinski definition) is 4. The molecule has 6 atom stereocenters. The molecule has 4 N–H and O–H groups in total.